The molecule has 0 unspecified atom stereocenters. The van der Waals surface area contributed by atoms with Gasteiger partial charge >= 0.3 is 0 Å². The molecule has 23 heavy (non-hydrogen) atoms. The molecule has 0 atom stereocenters. The van der Waals surface area contributed by atoms with E-state index in [9.17, 15) is 4.79 Å². The first-order chi connectivity index (χ1) is 11.1. The van der Waals surface area contributed by atoms with E-state index in [1.54, 1.807) is 50.6 Å². The normalized spacial score (nSPS) is 10.6. The maximum absolute atomic E-state index is 12.4. The Labute approximate surface area is 140 Å². The molecule has 0 radical (unpaired) electrons. The highest BCUT2D eigenvalue weighted by atomic mass is 35.5. The number of halogens is 1. The van der Waals surface area contributed by atoms with Gasteiger partial charge in [0.05, 0.1) is 26.9 Å². The molecule has 0 saturated carbocycles. The van der Waals surface area contributed by atoms with Crippen LogP contribution in [0.4, 0.5) is 0 Å². The van der Waals surface area contributed by atoms with Gasteiger partial charge in [-0.05, 0) is 42.5 Å². The van der Waals surface area contributed by atoms with Gasteiger partial charge in [0.25, 0.3) is 0 Å². The minimum absolute atomic E-state index is 0.206. The first kappa shape index (κ1) is 16.9. The Balaban J connectivity index is 2.30. The topological polar surface area (TPSA) is 44.8 Å². The zero-order chi connectivity index (χ0) is 16.8. The summed E-state index contributed by atoms with van der Waals surface area (Å²) >= 11 is 5.95. The smallest absolute Gasteiger partial charge is 0.189 e. The fourth-order valence-electron chi connectivity index (χ4n) is 2.08. The van der Waals surface area contributed by atoms with E-state index in [1.165, 1.54) is 13.2 Å². The van der Waals surface area contributed by atoms with Crippen molar-refractivity contribution in [3.8, 4) is 17.2 Å². The Morgan fingerprint density at radius 1 is 0.957 bits per heavy atom. The molecule has 0 bridgehead atoms. The molecule has 2 rings (SSSR count). The molecule has 0 aliphatic heterocycles. The Bertz CT molecular complexity index is 738. The molecular weight excluding hydrogens is 316 g/mol. The summed E-state index contributed by atoms with van der Waals surface area (Å²) in [6.45, 7) is 0. The molecule has 0 aromatic heterocycles. The third-order valence-corrected chi connectivity index (χ3v) is 3.52. The van der Waals surface area contributed by atoms with Crippen molar-refractivity contribution in [1.82, 2.24) is 0 Å². The fraction of sp³-hybridized carbons (Fsp3) is 0.167. The van der Waals surface area contributed by atoms with Crippen molar-refractivity contribution >= 4 is 23.5 Å². The van der Waals surface area contributed by atoms with Crippen molar-refractivity contribution in [1.29, 1.82) is 0 Å². The molecule has 0 spiro atoms. The van der Waals surface area contributed by atoms with E-state index in [0.29, 0.717) is 27.8 Å². The third kappa shape index (κ3) is 4.05. The van der Waals surface area contributed by atoms with Crippen molar-refractivity contribution in [2.45, 2.75) is 0 Å². The van der Waals surface area contributed by atoms with Crippen molar-refractivity contribution in [3.05, 3.63) is 58.6 Å². The lowest BCUT2D eigenvalue weighted by molar-refractivity contribution is 0.104. The van der Waals surface area contributed by atoms with Gasteiger partial charge in [-0.2, -0.15) is 0 Å². The van der Waals surface area contributed by atoms with Gasteiger partial charge in [-0.1, -0.05) is 11.6 Å². The summed E-state index contributed by atoms with van der Waals surface area (Å²) in [4.78, 5) is 12.4. The average molecular weight is 333 g/mol. The van der Waals surface area contributed by atoms with Gasteiger partial charge in [0.15, 0.2) is 5.78 Å². The molecule has 2 aromatic carbocycles. The highest BCUT2D eigenvalue weighted by Gasteiger charge is 2.11. The highest BCUT2D eigenvalue weighted by Crippen LogP contribution is 2.27. The molecule has 0 saturated heterocycles. The number of carbonyl (C=O) groups is 1. The highest BCUT2D eigenvalue weighted by molar-refractivity contribution is 6.31. The molecule has 0 N–H and O–H groups in total. The molecule has 0 aliphatic rings. The number of benzene rings is 2. The first-order valence-electron chi connectivity index (χ1n) is 6.87. The Hall–Kier alpha value is -2.46. The minimum atomic E-state index is -0.206. The van der Waals surface area contributed by atoms with Crippen molar-refractivity contribution in [2.75, 3.05) is 21.3 Å². The summed E-state index contributed by atoms with van der Waals surface area (Å²) in [5.74, 6) is 1.57. The van der Waals surface area contributed by atoms with Crippen molar-refractivity contribution < 1.29 is 19.0 Å². The zero-order valence-electron chi connectivity index (χ0n) is 13.1. The molecule has 2 aromatic rings. The predicted molar refractivity (Wildman–Crippen MR) is 90.9 cm³/mol. The fourth-order valence-corrected chi connectivity index (χ4v) is 2.26. The lowest BCUT2D eigenvalue weighted by atomic mass is 10.1. The summed E-state index contributed by atoms with van der Waals surface area (Å²) in [6.07, 6.45) is 3.14. The Morgan fingerprint density at radius 2 is 1.70 bits per heavy atom. The Morgan fingerprint density at radius 3 is 2.35 bits per heavy atom. The van der Waals surface area contributed by atoms with E-state index in [-0.39, 0.29) is 5.78 Å². The zero-order valence-corrected chi connectivity index (χ0v) is 13.9. The average Bonchev–Trinajstić information content (AvgIpc) is 2.59. The second-order valence-electron chi connectivity index (χ2n) is 4.65. The lowest BCUT2D eigenvalue weighted by Crippen LogP contribution is -1.99. The molecule has 0 amide bonds. The molecule has 0 fully saturated rings. The number of hydrogen-bond donors (Lipinski definition) is 0. The molecule has 0 aliphatic carbocycles. The summed E-state index contributed by atoms with van der Waals surface area (Å²) in [5.41, 5.74) is 1.17. The summed E-state index contributed by atoms with van der Waals surface area (Å²) in [7, 11) is 4.66. The van der Waals surface area contributed by atoms with Crippen LogP contribution in [-0.2, 0) is 0 Å². The van der Waals surface area contributed by atoms with Gasteiger partial charge in [-0.3, -0.25) is 4.79 Å². The van der Waals surface area contributed by atoms with Crippen molar-refractivity contribution in [3.63, 3.8) is 0 Å². The summed E-state index contributed by atoms with van der Waals surface area (Å²) in [5, 5.41) is 0.476. The van der Waals surface area contributed by atoms with Crippen LogP contribution in [-0.4, -0.2) is 27.1 Å². The number of ketones is 1. The monoisotopic (exact) mass is 332 g/mol. The van der Waals surface area contributed by atoms with Crippen LogP contribution in [0.2, 0.25) is 5.02 Å². The minimum Gasteiger partial charge on any atom is -0.497 e. The number of carbonyl (C=O) groups excluding carboxylic acids is 1. The van der Waals surface area contributed by atoms with Gasteiger partial charge in [0.2, 0.25) is 0 Å². The van der Waals surface area contributed by atoms with E-state index >= 15 is 0 Å². The second kappa shape index (κ2) is 7.70. The maximum Gasteiger partial charge on any atom is 0.189 e. The standard InChI is InChI=1S/C18H17ClO4/c1-21-14-7-4-12(18(11-14)23-3)5-8-16(20)15-10-13(19)6-9-17(15)22-2/h4-11H,1-3H3/b8-5+. The SMILES string of the molecule is COc1ccc(/C=C/C(=O)c2cc(Cl)ccc2OC)c(OC)c1. The molecule has 4 nitrogen and oxygen atoms in total. The van der Waals surface area contributed by atoms with Crippen LogP contribution < -0.4 is 14.2 Å². The number of ether oxygens (including phenoxy) is 3. The maximum atomic E-state index is 12.4. The van der Waals surface area contributed by atoms with Gasteiger partial charge in [-0.25, -0.2) is 0 Å². The first-order valence-corrected chi connectivity index (χ1v) is 7.24. The van der Waals surface area contributed by atoms with Crippen LogP contribution in [0.25, 0.3) is 6.08 Å². The largest absolute Gasteiger partial charge is 0.497 e. The summed E-state index contributed by atoms with van der Waals surface area (Å²) in [6, 6.07) is 10.3. The lowest BCUT2D eigenvalue weighted by Gasteiger charge is -2.08. The van der Waals surface area contributed by atoms with E-state index in [1.807, 2.05) is 6.07 Å². The van der Waals surface area contributed by atoms with E-state index in [2.05, 4.69) is 0 Å². The Kier molecular flexibility index (Phi) is 5.66. The molecule has 120 valence electrons. The quantitative estimate of drug-likeness (QED) is 0.585. The summed E-state index contributed by atoms with van der Waals surface area (Å²) < 4.78 is 15.6. The second-order valence-corrected chi connectivity index (χ2v) is 5.09. The number of rotatable bonds is 6. The van der Waals surface area contributed by atoms with E-state index in [4.69, 9.17) is 25.8 Å². The van der Waals surface area contributed by atoms with Crippen LogP contribution in [0.15, 0.2) is 42.5 Å². The van der Waals surface area contributed by atoms with Crippen LogP contribution >= 0.6 is 11.6 Å². The molecule has 5 heteroatoms. The van der Waals surface area contributed by atoms with E-state index in [0.717, 1.165) is 5.56 Å². The third-order valence-electron chi connectivity index (χ3n) is 3.28. The van der Waals surface area contributed by atoms with Gasteiger partial charge < -0.3 is 14.2 Å². The van der Waals surface area contributed by atoms with Gasteiger partial charge in [0.1, 0.15) is 17.2 Å². The van der Waals surface area contributed by atoms with Crippen LogP contribution in [0.1, 0.15) is 15.9 Å². The van der Waals surface area contributed by atoms with Crippen molar-refractivity contribution in [2.24, 2.45) is 0 Å². The number of allylic oxidation sites excluding steroid dienone is 1. The number of methoxy groups -OCH3 is 3. The molecular formula is C18H17ClO4. The van der Waals surface area contributed by atoms with Gasteiger partial charge in [0, 0.05) is 16.7 Å². The molecule has 0 heterocycles. The number of hydrogen-bond acceptors (Lipinski definition) is 4. The predicted octanol–water partition coefficient (Wildman–Crippen LogP) is 4.26. The van der Waals surface area contributed by atoms with Crippen LogP contribution in [0.5, 0.6) is 17.2 Å². The van der Waals surface area contributed by atoms with Crippen LogP contribution in [0.3, 0.4) is 0 Å². The van der Waals surface area contributed by atoms with Gasteiger partial charge in [-0.15, -0.1) is 0 Å². The van der Waals surface area contributed by atoms with Crippen LogP contribution in [0, 0.1) is 0 Å². The van der Waals surface area contributed by atoms with E-state index < -0.39 is 0 Å².